The van der Waals surface area contributed by atoms with Gasteiger partial charge in [-0.25, -0.2) is 23.1 Å². The van der Waals surface area contributed by atoms with Gasteiger partial charge in [-0.1, -0.05) is 26.0 Å². The highest BCUT2D eigenvalue weighted by Crippen LogP contribution is 2.34. The van der Waals surface area contributed by atoms with Crippen LogP contribution in [0.1, 0.15) is 50.4 Å². The Balaban J connectivity index is 1.88. The maximum Gasteiger partial charge on any atom is 0.355 e. The number of anilines is 1. The van der Waals surface area contributed by atoms with E-state index in [-0.39, 0.29) is 41.3 Å². The maximum atomic E-state index is 16.1. The van der Waals surface area contributed by atoms with Gasteiger partial charge in [0.2, 0.25) is 5.91 Å². The number of rotatable bonds is 6. The number of amides is 1. The highest BCUT2D eigenvalue weighted by atomic mass is 19.1. The molecule has 1 atom stereocenters. The lowest BCUT2D eigenvalue weighted by Gasteiger charge is -2.35. The Morgan fingerprint density at radius 2 is 1.98 bits per heavy atom. The van der Waals surface area contributed by atoms with Crippen LogP contribution >= 0.6 is 0 Å². The molecule has 1 aliphatic heterocycles. The average molecular weight is 562 g/mol. The molecule has 5 rings (SSSR count). The molecule has 1 aromatic carbocycles. The van der Waals surface area contributed by atoms with Crippen LogP contribution in [0.3, 0.4) is 0 Å². The van der Waals surface area contributed by atoms with Crippen molar-refractivity contribution in [3.8, 4) is 16.9 Å². The monoisotopic (exact) mass is 561 g/mol. The molecule has 4 aromatic rings. The fourth-order valence-electron chi connectivity index (χ4n) is 5.34. The van der Waals surface area contributed by atoms with Gasteiger partial charge < -0.3 is 15.5 Å². The molecule has 0 bridgehead atoms. The standard InChI is InChI=1S/C30H33F2N7O2/c1-16(2)25-27(17(3)9-10-34-25)39-29-21(28(37-30(39)41)38-12-11-33-14-18(38)4)13-23(32)26(36-29)24-20(15-35-19(5)40)7-6-8-22(24)31/h6-10,13,16,18,33H,11-12,14-15H2,1-5H3,(H,35,40)/t18-/m0/s1. The quantitative estimate of drug-likeness (QED) is 0.367. The predicted molar refractivity (Wildman–Crippen MR) is 154 cm³/mol. The Hall–Kier alpha value is -4.25. The van der Waals surface area contributed by atoms with Gasteiger partial charge in [-0.3, -0.25) is 9.78 Å². The van der Waals surface area contributed by atoms with E-state index in [1.54, 1.807) is 18.3 Å². The molecule has 1 saturated heterocycles. The normalized spacial score (nSPS) is 15.5. The van der Waals surface area contributed by atoms with E-state index in [1.807, 2.05) is 32.6 Å². The summed E-state index contributed by atoms with van der Waals surface area (Å²) < 4.78 is 32.8. The van der Waals surface area contributed by atoms with Crippen molar-refractivity contribution in [1.29, 1.82) is 0 Å². The van der Waals surface area contributed by atoms with Crippen molar-refractivity contribution in [2.45, 2.75) is 53.1 Å². The van der Waals surface area contributed by atoms with Crippen LogP contribution in [0.5, 0.6) is 0 Å². The van der Waals surface area contributed by atoms with E-state index in [4.69, 9.17) is 0 Å². The fraction of sp³-hybridized carbons (Fsp3) is 0.367. The summed E-state index contributed by atoms with van der Waals surface area (Å²) in [5, 5.41) is 6.29. The van der Waals surface area contributed by atoms with E-state index in [0.29, 0.717) is 47.8 Å². The first-order chi connectivity index (χ1) is 19.6. The highest BCUT2D eigenvalue weighted by Gasteiger charge is 2.28. The number of aromatic nitrogens is 4. The molecular formula is C30H33F2N7O2. The highest BCUT2D eigenvalue weighted by molar-refractivity contribution is 5.91. The van der Waals surface area contributed by atoms with Crippen LogP contribution in [0.2, 0.25) is 0 Å². The molecule has 9 nitrogen and oxygen atoms in total. The predicted octanol–water partition coefficient (Wildman–Crippen LogP) is 3.99. The summed E-state index contributed by atoms with van der Waals surface area (Å²) in [5.41, 5.74) is 1.50. The number of hydrogen-bond donors (Lipinski definition) is 2. The summed E-state index contributed by atoms with van der Waals surface area (Å²) in [5.74, 6) is -1.49. The van der Waals surface area contributed by atoms with E-state index in [9.17, 15) is 9.59 Å². The summed E-state index contributed by atoms with van der Waals surface area (Å²) in [7, 11) is 0. The van der Waals surface area contributed by atoms with E-state index in [0.717, 1.165) is 5.56 Å². The molecular weight excluding hydrogens is 528 g/mol. The molecule has 0 aliphatic carbocycles. The van der Waals surface area contributed by atoms with Crippen LogP contribution in [0.25, 0.3) is 28.0 Å². The van der Waals surface area contributed by atoms with Gasteiger partial charge in [0.1, 0.15) is 23.1 Å². The largest absolute Gasteiger partial charge is 0.355 e. The number of aryl methyl sites for hydroxylation is 1. The first-order valence-corrected chi connectivity index (χ1v) is 13.7. The van der Waals surface area contributed by atoms with Crippen LogP contribution in [-0.2, 0) is 11.3 Å². The molecule has 41 heavy (non-hydrogen) atoms. The minimum absolute atomic E-state index is 0.0142. The summed E-state index contributed by atoms with van der Waals surface area (Å²) in [6, 6.07) is 7.37. The number of carbonyl (C=O) groups is 1. The second-order valence-corrected chi connectivity index (χ2v) is 10.7. The summed E-state index contributed by atoms with van der Waals surface area (Å²) >= 11 is 0. The summed E-state index contributed by atoms with van der Waals surface area (Å²) in [4.78, 5) is 41.2. The van der Waals surface area contributed by atoms with Crippen molar-refractivity contribution in [3.63, 3.8) is 0 Å². The molecule has 214 valence electrons. The Morgan fingerprint density at radius 3 is 2.68 bits per heavy atom. The number of benzene rings is 1. The number of piperazine rings is 1. The first kappa shape index (κ1) is 28.3. The van der Waals surface area contributed by atoms with Gasteiger partial charge in [0.05, 0.1) is 16.8 Å². The van der Waals surface area contributed by atoms with Crippen molar-refractivity contribution >= 4 is 22.8 Å². The molecule has 0 spiro atoms. The third kappa shape index (κ3) is 5.29. The second-order valence-electron chi connectivity index (χ2n) is 10.7. The Kier molecular flexibility index (Phi) is 7.81. The van der Waals surface area contributed by atoms with Crippen LogP contribution in [0, 0.1) is 18.6 Å². The lowest BCUT2D eigenvalue weighted by Crippen LogP contribution is -2.50. The number of carbonyl (C=O) groups excluding carboxylic acids is 1. The molecule has 4 heterocycles. The zero-order valence-electron chi connectivity index (χ0n) is 23.8. The van der Waals surface area contributed by atoms with Gasteiger partial charge in [-0.05, 0) is 49.1 Å². The van der Waals surface area contributed by atoms with Crippen LogP contribution in [0.15, 0.2) is 41.3 Å². The number of nitrogens with one attached hydrogen (secondary N) is 2. The van der Waals surface area contributed by atoms with Crippen LogP contribution < -0.4 is 21.2 Å². The van der Waals surface area contributed by atoms with Crippen molar-refractivity contribution in [3.05, 3.63) is 75.5 Å². The molecule has 11 heteroatoms. The fourth-order valence-corrected chi connectivity index (χ4v) is 5.34. The summed E-state index contributed by atoms with van der Waals surface area (Å²) in [6.45, 7) is 11.0. The number of halogens is 2. The number of hydrogen-bond acceptors (Lipinski definition) is 7. The SMILES string of the molecule is CC(=O)NCc1cccc(F)c1-c1nc2c(cc1F)c(N1CCNC[C@@H]1C)nc(=O)n2-c1c(C)ccnc1C(C)C. The lowest BCUT2D eigenvalue weighted by molar-refractivity contribution is -0.119. The topological polar surface area (TPSA) is 105 Å². The Morgan fingerprint density at radius 1 is 1.20 bits per heavy atom. The molecule has 2 N–H and O–H groups in total. The summed E-state index contributed by atoms with van der Waals surface area (Å²) in [6.07, 6.45) is 1.68. The number of pyridine rings is 2. The van der Waals surface area contributed by atoms with Crippen molar-refractivity contribution in [2.75, 3.05) is 24.5 Å². The van der Waals surface area contributed by atoms with E-state index >= 15 is 8.78 Å². The minimum Gasteiger partial charge on any atom is -0.352 e. The molecule has 1 fully saturated rings. The smallest absolute Gasteiger partial charge is 0.352 e. The van der Waals surface area contributed by atoms with E-state index in [1.165, 1.54) is 29.7 Å². The van der Waals surface area contributed by atoms with E-state index < -0.39 is 17.3 Å². The van der Waals surface area contributed by atoms with Crippen molar-refractivity contribution < 1.29 is 13.6 Å². The minimum atomic E-state index is -0.769. The van der Waals surface area contributed by atoms with E-state index in [2.05, 4.69) is 25.6 Å². The van der Waals surface area contributed by atoms with Crippen LogP contribution in [0.4, 0.5) is 14.6 Å². The third-order valence-corrected chi connectivity index (χ3v) is 7.36. The van der Waals surface area contributed by atoms with Gasteiger partial charge in [0, 0.05) is 50.9 Å². The second kappa shape index (κ2) is 11.3. The van der Waals surface area contributed by atoms with Gasteiger partial charge >= 0.3 is 5.69 Å². The Bertz CT molecular complexity index is 1700. The molecule has 3 aromatic heterocycles. The third-order valence-electron chi connectivity index (χ3n) is 7.36. The molecule has 1 amide bonds. The first-order valence-electron chi connectivity index (χ1n) is 13.7. The molecule has 0 radical (unpaired) electrons. The number of nitrogens with zero attached hydrogens (tertiary/aromatic N) is 5. The molecule has 1 aliphatic rings. The maximum absolute atomic E-state index is 16.1. The van der Waals surface area contributed by atoms with Gasteiger partial charge in [0.15, 0.2) is 5.65 Å². The lowest BCUT2D eigenvalue weighted by atomic mass is 10.0. The zero-order valence-corrected chi connectivity index (χ0v) is 23.8. The van der Waals surface area contributed by atoms with Gasteiger partial charge in [-0.15, -0.1) is 0 Å². The number of fused-ring (bicyclic) bond motifs is 1. The van der Waals surface area contributed by atoms with Gasteiger partial charge in [-0.2, -0.15) is 4.98 Å². The van der Waals surface area contributed by atoms with Crippen LogP contribution in [-0.4, -0.2) is 51.1 Å². The zero-order chi connectivity index (χ0) is 29.4. The van der Waals surface area contributed by atoms with Crippen molar-refractivity contribution in [1.82, 2.24) is 30.2 Å². The average Bonchev–Trinajstić information content (AvgIpc) is 2.92. The van der Waals surface area contributed by atoms with Gasteiger partial charge in [0.25, 0.3) is 0 Å². The van der Waals surface area contributed by atoms with Crippen molar-refractivity contribution in [2.24, 2.45) is 0 Å². The molecule has 0 unspecified atom stereocenters. The Labute approximate surface area is 236 Å². The molecule has 0 saturated carbocycles.